The third-order valence-corrected chi connectivity index (χ3v) is 2.77. The van der Waals surface area contributed by atoms with Crippen LogP contribution in [0.3, 0.4) is 0 Å². The molecule has 3 heteroatoms. The molecule has 0 aromatic heterocycles. The summed E-state index contributed by atoms with van der Waals surface area (Å²) in [7, 11) is 0. The Balaban J connectivity index is 1.78. The van der Waals surface area contributed by atoms with Crippen molar-refractivity contribution in [3.8, 4) is 0 Å². The molecule has 1 saturated carbocycles. The predicted octanol–water partition coefficient (Wildman–Crippen LogP) is 2.85. The second-order valence-electron chi connectivity index (χ2n) is 4.12. The zero-order valence-corrected chi connectivity index (χ0v) is 8.60. The fraction of sp³-hybridized carbons (Fsp3) is 0.500. The van der Waals surface area contributed by atoms with E-state index >= 15 is 0 Å². The van der Waals surface area contributed by atoms with Crippen molar-refractivity contribution >= 4 is 0 Å². The van der Waals surface area contributed by atoms with Gasteiger partial charge in [0, 0.05) is 12.1 Å². The lowest BCUT2D eigenvalue weighted by Crippen LogP contribution is -2.16. The van der Waals surface area contributed by atoms with Gasteiger partial charge in [0.05, 0.1) is 0 Å². The zero-order valence-electron chi connectivity index (χ0n) is 8.60. The Kier molecular flexibility index (Phi) is 3.31. The van der Waals surface area contributed by atoms with Crippen LogP contribution in [0.1, 0.15) is 24.8 Å². The van der Waals surface area contributed by atoms with Gasteiger partial charge in [-0.2, -0.15) is 0 Å². The SMILES string of the molecule is Fc1cccc(CNCCC2CC2)c1F. The molecule has 0 saturated heterocycles. The summed E-state index contributed by atoms with van der Waals surface area (Å²) in [5.74, 6) is -0.622. The first kappa shape index (κ1) is 10.6. The Morgan fingerprint density at radius 3 is 2.80 bits per heavy atom. The van der Waals surface area contributed by atoms with Crippen LogP contribution >= 0.6 is 0 Å². The van der Waals surface area contributed by atoms with E-state index in [-0.39, 0.29) is 0 Å². The van der Waals surface area contributed by atoms with Crippen LogP contribution in [0.15, 0.2) is 18.2 Å². The summed E-state index contributed by atoms with van der Waals surface area (Å²) in [5, 5.41) is 3.13. The molecule has 1 aromatic carbocycles. The van der Waals surface area contributed by atoms with Crippen LogP contribution in [-0.4, -0.2) is 6.54 Å². The molecule has 0 bridgehead atoms. The van der Waals surface area contributed by atoms with Crippen LogP contribution in [0.4, 0.5) is 8.78 Å². The predicted molar refractivity (Wildman–Crippen MR) is 55.4 cm³/mol. The normalized spacial score (nSPS) is 15.6. The third kappa shape index (κ3) is 2.99. The summed E-state index contributed by atoms with van der Waals surface area (Å²) < 4.78 is 26.0. The number of hydrogen-bond donors (Lipinski definition) is 1. The lowest BCUT2D eigenvalue weighted by Gasteiger charge is -2.05. The van der Waals surface area contributed by atoms with Gasteiger partial charge >= 0.3 is 0 Å². The van der Waals surface area contributed by atoms with Gasteiger partial charge < -0.3 is 5.32 Å². The van der Waals surface area contributed by atoms with Gasteiger partial charge in [-0.25, -0.2) is 8.78 Å². The van der Waals surface area contributed by atoms with E-state index < -0.39 is 11.6 Å². The van der Waals surface area contributed by atoms with Crippen molar-refractivity contribution in [3.63, 3.8) is 0 Å². The maximum Gasteiger partial charge on any atom is 0.163 e. The molecule has 0 spiro atoms. The summed E-state index contributed by atoms with van der Waals surface area (Å²) in [5.41, 5.74) is 0.408. The molecular formula is C12H15F2N. The molecule has 2 rings (SSSR count). The largest absolute Gasteiger partial charge is 0.313 e. The molecule has 0 unspecified atom stereocenters. The second kappa shape index (κ2) is 4.71. The summed E-state index contributed by atoms with van der Waals surface area (Å²) in [6, 6.07) is 4.29. The van der Waals surface area contributed by atoms with Gasteiger partial charge in [-0.15, -0.1) is 0 Å². The van der Waals surface area contributed by atoms with E-state index in [1.54, 1.807) is 6.07 Å². The van der Waals surface area contributed by atoms with Gasteiger partial charge in [-0.1, -0.05) is 25.0 Å². The second-order valence-corrected chi connectivity index (χ2v) is 4.12. The van der Waals surface area contributed by atoms with E-state index in [2.05, 4.69) is 5.32 Å². The van der Waals surface area contributed by atoms with Crippen molar-refractivity contribution in [2.45, 2.75) is 25.8 Å². The van der Waals surface area contributed by atoms with Gasteiger partial charge in [-0.05, 0) is 24.9 Å². The first-order valence-corrected chi connectivity index (χ1v) is 5.41. The lowest BCUT2D eigenvalue weighted by molar-refractivity contribution is 0.491. The van der Waals surface area contributed by atoms with Crippen molar-refractivity contribution in [2.75, 3.05) is 6.54 Å². The average Bonchev–Trinajstić information content (AvgIpc) is 3.02. The first-order chi connectivity index (χ1) is 7.27. The summed E-state index contributed by atoms with van der Waals surface area (Å²) in [4.78, 5) is 0. The minimum absolute atomic E-state index is 0.408. The smallest absolute Gasteiger partial charge is 0.163 e. The van der Waals surface area contributed by atoms with Crippen LogP contribution in [0.25, 0.3) is 0 Å². The molecule has 82 valence electrons. The third-order valence-electron chi connectivity index (χ3n) is 2.77. The van der Waals surface area contributed by atoms with Gasteiger partial charge in [0.15, 0.2) is 11.6 Å². The van der Waals surface area contributed by atoms with E-state index in [4.69, 9.17) is 0 Å². The monoisotopic (exact) mass is 211 g/mol. The van der Waals surface area contributed by atoms with Gasteiger partial charge in [0.1, 0.15) is 0 Å². The molecule has 1 nitrogen and oxygen atoms in total. The van der Waals surface area contributed by atoms with Gasteiger partial charge in [0.25, 0.3) is 0 Å². The van der Waals surface area contributed by atoms with Crippen LogP contribution in [0, 0.1) is 17.6 Å². The molecular weight excluding hydrogens is 196 g/mol. The highest BCUT2D eigenvalue weighted by Crippen LogP contribution is 2.31. The molecule has 0 radical (unpaired) electrons. The van der Waals surface area contributed by atoms with Gasteiger partial charge in [0.2, 0.25) is 0 Å². The lowest BCUT2D eigenvalue weighted by atomic mass is 10.2. The topological polar surface area (TPSA) is 12.0 Å². The van der Waals surface area contributed by atoms with Crippen molar-refractivity contribution in [2.24, 2.45) is 5.92 Å². The van der Waals surface area contributed by atoms with Crippen molar-refractivity contribution < 1.29 is 8.78 Å². The highest BCUT2D eigenvalue weighted by atomic mass is 19.2. The van der Waals surface area contributed by atoms with E-state index in [1.807, 2.05) is 0 Å². The quantitative estimate of drug-likeness (QED) is 0.738. The minimum atomic E-state index is -0.767. The van der Waals surface area contributed by atoms with Crippen LogP contribution < -0.4 is 5.32 Å². The number of hydrogen-bond acceptors (Lipinski definition) is 1. The van der Waals surface area contributed by atoms with E-state index in [0.29, 0.717) is 12.1 Å². The Labute approximate surface area is 88.5 Å². The Morgan fingerprint density at radius 2 is 2.07 bits per heavy atom. The zero-order chi connectivity index (χ0) is 10.7. The standard InChI is InChI=1S/C12H15F2N/c13-11-3-1-2-10(12(11)14)8-15-7-6-9-4-5-9/h1-3,9,15H,4-8H2. The molecule has 0 amide bonds. The first-order valence-electron chi connectivity index (χ1n) is 5.41. The molecule has 1 N–H and O–H groups in total. The van der Waals surface area contributed by atoms with Crippen LogP contribution in [0.5, 0.6) is 0 Å². The summed E-state index contributed by atoms with van der Waals surface area (Å²) >= 11 is 0. The minimum Gasteiger partial charge on any atom is -0.313 e. The molecule has 0 heterocycles. The Morgan fingerprint density at radius 1 is 1.27 bits per heavy atom. The molecule has 1 fully saturated rings. The summed E-state index contributed by atoms with van der Waals surface area (Å²) in [6.45, 7) is 1.30. The Hall–Kier alpha value is -0.960. The molecule has 1 aliphatic rings. The van der Waals surface area contributed by atoms with E-state index in [0.717, 1.165) is 24.9 Å². The van der Waals surface area contributed by atoms with Crippen LogP contribution in [0.2, 0.25) is 0 Å². The fourth-order valence-corrected chi connectivity index (χ4v) is 1.62. The average molecular weight is 211 g/mol. The highest BCUT2D eigenvalue weighted by Gasteiger charge is 2.20. The molecule has 0 atom stereocenters. The van der Waals surface area contributed by atoms with E-state index in [1.165, 1.54) is 18.9 Å². The Bertz CT molecular complexity index is 334. The summed E-state index contributed by atoms with van der Waals surface area (Å²) in [6.07, 6.45) is 3.81. The van der Waals surface area contributed by atoms with Crippen molar-refractivity contribution in [3.05, 3.63) is 35.4 Å². The van der Waals surface area contributed by atoms with Crippen molar-refractivity contribution in [1.29, 1.82) is 0 Å². The molecule has 0 aliphatic heterocycles. The fourth-order valence-electron chi connectivity index (χ4n) is 1.62. The number of nitrogens with one attached hydrogen (secondary N) is 1. The molecule has 1 aromatic rings. The maximum atomic E-state index is 13.2. The maximum absolute atomic E-state index is 13.2. The van der Waals surface area contributed by atoms with Crippen molar-refractivity contribution in [1.82, 2.24) is 5.32 Å². The van der Waals surface area contributed by atoms with Gasteiger partial charge in [-0.3, -0.25) is 0 Å². The molecule has 1 aliphatic carbocycles. The number of benzene rings is 1. The molecule has 15 heavy (non-hydrogen) atoms. The van der Waals surface area contributed by atoms with Crippen LogP contribution in [-0.2, 0) is 6.54 Å². The number of halogens is 2. The number of rotatable bonds is 5. The highest BCUT2D eigenvalue weighted by molar-refractivity contribution is 5.18. The van der Waals surface area contributed by atoms with E-state index in [9.17, 15) is 8.78 Å².